The maximum atomic E-state index is 12.1. The van der Waals surface area contributed by atoms with Gasteiger partial charge >= 0.3 is 0 Å². The van der Waals surface area contributed by atoms with Gasteiger partial charge in [0.05, 0.1) is 6.61 Å². The average molecular weight is 228 g/mol. The van der Waals surface area contributed by atoms with E-state index in [-0.39, 0.29) is 17.9 Å². The summed E-state index contributed by atoms with van der Waals surface area (Å²) < 4.78 is 4.97. The Bertz CT molecular complexity index is 233. The van der Waals surface area contributed by atoms with Crippen LogP contribution in [0.25, 0.3) is 0 Å². The van der Waals surface area contributed by atoms with E-state index in [0.717, 1.165) is 19.3 Å². The number of nitrogens with zero attached hydrogens (tertiary/aromatic N) is 1. The normalized spacial score (nSPS) is 30.1. The minimum atomic E-state index is 0.119. The van der Waals surface area contributed by atoms with Gasteiger partial charge in [0.2, 0.25) is 5.91 Å². The monoisotopic (exact) mass is 228 g/mol. The highest BCUT2D eigenvalue weighted by Gasteiger charge is 2.30. The molecule has 0 aliphatic heterocycles. The van der Waals surface area contributed by atoms with Gasteiger partial charge in [-0.1, -0.05) is 6.92 Å². The number of likely N-dealkylation sites (N-methyl/N-ethyl adjacent to an activating group) is 1. The topological polar surface area (TPSA) is 55.6 Å². The lowest BCUT2D eigenvalue weighted by Crippen LogP contribution is -2.42. The third kappa shape index (κ3) is 3.46. The molecule has 0 aromatic carbocycles. The van der Waals surface area contributed by atoms with E-state index in [4.69, 9.17) is 10.5 Å². The molecule has 16 heavy (non-hydrogen) atoms. The zero-order valence-corrected chi connectivity index (χ0v) is 10.6. The summed E-state index contributed by atoms with van der Waals surface area (Å²) in [5, 5.41) is 0. The van der Waals surface area contributed by atoms with Crippen molar-refractivity contribution in [2.45, 2.75) is 32.2 Å². The van der Waals surface area contributed by atoms with E-state index in [2.05, 4.69) is 6.92 Å². The molecular formula is C12H24N2O2. The number of amides is 1. The Hall–Kier alpha value is -0.610. The lowest BCUT2D eigenvalue weighted by Gasteiger charge is -2.33. The number of rotatable bonds is 4. The van der Waals surface area contributed by atoms with Gasteiger partial charge in [-0.05, 0) is 25.2 Å². The van der Waals surface area contributed by atoms with Gasteiger partial charge in [0.1, 0.15) is 0 Å². The molecule has 1 saturated carbocycles. The van der Waals surface area contributed by atoms with Crippen molar-refractivity contribution in [2.24, 2.45) is 17.6 Å². The first-order chi connectivity index (χ1) is 7.56. The van der Waals surface area contributed by atoms with Crippen LogP contribution in [0.15, 0.2) is 0 Å². The van der Waals surface area contributed by atoms with Crippen LogP contribution in [0.5, 0.6) is 0 Å². The summed E-state index contributed by atoms with van der Waals surface area (Å²) in [5.74, 6) is 0.890. The second-order valence-electron chi connectivity index (χ2n) is 4.90. The Labute approximate surface area is 98.1 Å². The van der Waals surface area contributed by atoms with Crippen molar-refractivity contribution < 1.29 is 9.53 Å². The van der Waals surface area contributed by atoms with E-state index >= 15 is 0 Å². The molecule has 0 radical (unpaired) electrons. The molecule has 0 bridgehead atoms. The molecule has 0 heterocycles. The summed E-state index contributed by atoms with van der Waals surface area (Å²) in [6.07, 6.45) is 2.87. The maximum absolute atomic E-state index is 12.1. The fourth-order valence-corrected chi connectivity index (χ4v) is 2.23. The highest BCUT2D eigenvalue weighted by atomic mass is 16.5. The van der Waals surface area contributed by atoms with Crippen LogP contribution < -0.4 is 5.73 Å². The van der Waals surface area contributed by atoms with Gasteiger partial charge in [-0.2, -0.15) is 0 Å². The van der Waals surface area contributed by atoms with E-state index in [1.165, 1.54) is 0 Å². The molecule has 4 nitrogen and oxygen atoms in total. The van der Waals surface area contributed by atoms with E-state index < -0.39 is 0 Å². The van der Waals surface area contributed by atoms with Crippen LogP contribution in [0.1, 0.15) is 26.2 Å². The molecule has 0 saturated heterocycles. The molecule has 3 unspecified atom stereocenters. The van der Waals surface area contributed by atoms with Crippen LogP contribution in [-0.2, 0) is 9.53 Å². The van der Waals surface area contributed by atoms with E-state index in [1.54, 1.807) is 12.0 Å². The Kier molecular flexibility index (Phi) is 5.22. The highest BCUT2D eigenvalue weighted by molar-refractivity contribution is 5.78. The molecule has 1 aliphatic rings. The zero-order valence-electron chi connectivity index (χ0n) is 10.6. The van der Waals surface area contributed by atoms with Crippen molar-refractivity contribution in [3.8, 4) is 0 Å². The minimum absolute atomic E-state index is 0.119. The van der Waals surface area contributed by atoms with Gasteiger partial charge in [0.15, 0.2) is 0 Å². The van der Waals surface area contributed by atoms with Crippen molar-refractivity contribution in [1.82, 2.24) is 4.90 Å². The third-order valence-corrected chi connectivity index (χ3v) is 3.61. The summed E-state index contributed by atoms with van der Waals surface area (Å²) in [5.41, 5.74) is 6.01. The standard InChI is InChI=1S/C12H24N2O2/c1-9-4-5-10(8-11(9)13)12(15)14(2)6-7-16-3/h9-11H,4-8,13H2,1-3H3. The SMILES string of the molecule is COCCN(C)C(=O)C1CCC(C)C(N)C1. The first-order valence-electron chi connectivity index (χ1n) is 6.05. The van der Waals surface area contributed by atoms with E-state index in [1.807, 2.05) is 7.05 Å². The van der Waals surface area contributed by atoms with Crippen LogP contribution >= 0.6 is 0 Å². The fourth-order valence-electron chi connectivity index (χ4n) is 2.23. The lowest BCUT2D eigenvalue weighted by atomic mass is 9.79. The molecule has 3 atom stereocenters. The second kappa shape index (κ2) is 6.21. The number of hydrogen-bond donors (Lipinski definition) is 1. The number of hydrogen-bond acceptors (Lipinski definition) is 3. The molecule has 2 N–H and O–H groups in total. The van der Waals surface area contributed by atoms with Crippen LogP contribution in [-0.4, -0.2) is 44.2 Å². The molecule has 1 fully saturated rings. The predicted octanol–water partition coefficient (Wildman–Crippen LogP) is 0.855. The average Bonchev–Trinajstić information content (AvgIpc) is 2.28. The molecule has 0 spiro atoms. The largest absolute Gasteiger partial charge is 0.383 e. The molecule has 0 aromatic rings. The van der Waals surface area contributed by atoms with Crippen molar-refractivity contribution >= 4 is 5.91 Å². The van der Waals surface area contributed by atoms with Crippen LogP contribution in [0.4, 0.5) is 0 Å². The smallest absolute Gasteiger partial charge is 0.225 e. The molecule has 0 aromatic heterocycles. The lowest BCUT2D eigenvalue weighted by molar-refractivity contribution is -0.136. The van der Waals surface area contributed by atoms with Crippen molar-refractivity contribution in [2.75, 3.05) is 27.3 Å². The molecule has 94 valence electrons. The zero-order chi connectivity index (χ0) is 12.1. The first-order valence-corrected chi connectivity index (χ1v) is 6.05. The molecule has 1 amide bonds. The third-order valence-electron chi connectivity index (χ3n) is 3.61. The Balaban J connectivity index is 2.42. The number of nitrogens with two attached hydrogens (primary N) is 1. The van der Waals surface area contributed by atoms with Crippen molar-refractivity contribution in [3.63, 3.8) is 0 Å². The van der Waals surface area contributed by atoms with Crippen molar-refractivity contribution in [3.05, 3.63) is 0 Å². The highest BCUT2D eigenvalue weighted by Crippen LogP contribution is 2.28. The maximum Gasteiger partial charge on any atom is 0.225 e. The fraction of sp³-hybridized carbons (Fsp3) is 0.917. The van der Waals surface area contributed by atoms with Crippen LogP contribution in [0, 0.1) is 11.8 Å². The Morgan fingerprint density at radius 2 is 2.19 bits per heavy atom. The van der Waals surface area contributed by atoms with E-state index in [0.29, 0.717) is 19.1 Å². The molecule has 4 heteroatoms. The Morgan fingerprint density at radius 1 is 1.50 bits per heavy atom. The minimum Gasteiger partial charge on any atom is -0.383 e. The van der Waals surface area contributed by atoms with Crippen LogP contribution in [0.2, 0.25) is 0 Å². The summed E-state index contributed by atoms with van der Waals surface area (Å²) in [7, 11) is 3.49. The van der Waals surface area contributed by atoms with Gasteiger partial charge < -0.3 is 15.4 Å². The van der Waals surface area contributed by atoms with Gasteiger partial charge in [-0.3, -0.25) is 4.79 Å². The number of carbonyl (C=O) groups is 1. The number of ether oxygens (including phenoxy) is 1. The summed E-state index contributed by atoms with van der Waals surface area (Å²) in [6.45, 7) is 3.42. The number of carbonyl (C=O) groups excluding carboxylic acids is 1. The quantitative estimate of drug-likeness (QED) is 0.776. The Morgan fingerprint density at radius 3 is 2.75 bits per heavy atom. The summed E-state index contributed by atoms with van der Waals surface area (Å²) >= 11 is 0. The molecule has 1 aliphatic carbocycles. The van der Waals surface area contributed by atoms with Gasteiger partial charge in [0.25, 0.3) is 0 Å². The summed E-state index contributed by atoms with van der Waals surface area (Å²) in [4.78, 5) is 13.8. The van der Waals surface area contributed by atoms with Gasteiger partial charge in [-0.25, -0.2) is 0 Å². The van der Waals surface area contributed by atoms with E-state index in [9.17, 15) is 4.79 Å². The van der Waals surface area contributed by atoms with Crippen molar-refractivity contribution in [1.29, 1.82) is 0 Å². The number of methoxy groups -OCH3 is 1. The molecule has 1 rings (SSSR count). The van der Waals surface area contributed by atoms with Gasteiger partial charge in [0, 0.05) is 32.7 Å². The van der Waals surface area contributed by atoms with Gasteiger partial charge in [-0.15, -0.1) is 0 Å². The van der Waals surface area contributed by atoms with Crippen LogP contribution in [0.3, 0.4) is 0 Å². The first kappa shape index (κ1) is 13.5. The second-order valence-corrected chi connectivity index (χ2v) is 4.90. The molecular weight excluding hydrogens is 204 g/mol. The predicted molar refractivity (Wildman–Crippen MR) is 64.0 cm³/mol. The summed E-state index contributed by atoms with van der Waals surface area (Å²) in [6, 6.07) is 0.179.